The number of hydrogen-bond donors (Lipinski definition) is 2. The maximum absolute atomic E-state index is 13.7. The highest BCUT2D eigenvalue weighted by atomic mass is 19.3. The Morgan fingerprint density at radius 2 is 1.91 bits per heavy atom. The number of aromatic amines is 1. The van der Waals surface area contributed by atoms with E-state index in [-0.39, 0.29) is 5.56 Å². The zero-order chi connectivity index (χ0) is 23.4. The van der Waals surface area contributed by atoms with Crippen molar-refractivity contribution in [2.75, 3.05) is 43.4 Å². The van der Waals surface area contributed by atoms with E-state index in [1.54, 1.807) is 10.6 Å². The van der Waals surface area contributed by atoms with Crippen LogP contribution >= 0.6 is 0 Å². The van der Waals surface area contributed by atoms with E-state index < -0.39 is 5.92 Å². The van der Waals surface area contributed by atoms with Crippen LogP contribution in [0.3, 0.4) is 0 Å². The zero-order valence-corrected chi connectivity index (χ0v) is 19.2. The van der Waals surface area contributed by atoms with Crippen molar-refractivity contribution in [3.8, 4) is 0 Å². The van der Waals surface area contributed by atoms with Gasteiger partial charge >= 0.3 is 0 Å². The molecule has 0 atom stereocenters. The molecule has 0 amide bonds. The van der Waals surface area contributed by atoms with Crippen LogP contribution in [0.25, 0.3) is 16.7 Å². The van der Waals surface area contributed by atoms with E-state index in [0.29, 0.717) is 41.2 Å². The Labute approximate surface area is 195 Å². The Balaban J connectivity index is 1.31. The molecule has 2 N–H and O–H groups in total. The molecular formula is C23H27F2N9. The Kier molecular flexibility index (Phi) is 4.91. The summed E-state index contributed by atoms with van der Waals surface area (Å²) >= 11 is 0. The van der Waals surface area contributed by atoms with Gasteiger partial charge in [0.2, 0.25) is 11.9 Å². The maximum Gasteiger partial charge on any atom is 0.270 e. The van der Waals surface area contributed by atoms with Crippen LogP contribution in [-0.4, -0.2) is 67.7 Å². The largest absolute Gasteiger partial charge is 0.347 e. The minimum atomic E-state index is -2.91. The van der Waals surface area contributed by atoms with Crippen molar-refractivity contribution in [3.05, 3.63) is 41.3 Å². The highest BCUT2D eigenvalue weighted by Gasteiger charge is 2.29. The van der Waals surface area contributed by atoms with Gasteiger partial charge in [0, 0.05) is 44.2 Å². The first kappa shape index (κ1) is 21.2. The van der Waals surface area contributed by atoms with E-state index in [1.165, 1.54) is 12.1 Å². The molecule has 1 saturated carbocycles. The molecule has 2 aliphatic rings. The van der Waals surface area contributed by atoms with Crippen molar-refractivity contribution < 1.29 is 8.78 Å². The fourth-order valence-electron chi connectivity index (χ4n) is 4.41. The number of nitrogens with zero attached hydrogens (tertiary/aromatic N) is 7. The molecule has 0 bridgehead atoms. The van der Waals surface area contributed by atoms with Gasteiger partial charge in [-0.15, -0.1) is 0 Å². The number of H-pyrrole nitrogens is 1. The predicted octanol–water partition coefficient (Wildman–Crippen LogP) is 3.35. The van der Waals surface area contributed by atoms with Crippen LogP contribution in [0.1, 0.15) is 42.6 Å². The molecule has 1 aliphatic heterocycles. The SMILES string of the molecule is CN1CCN(c2nc(NCc3nc4cc(C(C)(F)F)ccc4[nH]3)n3ncc(C4CC4)c3n2)CC1. The molecule has 0 unspecified atom stereocenters. The summed E-state index contributed by atoms with van der Waals surface area (Å²) in [5.41, 5.74) is 3.18. The first-order valence-corrected chi connectivity index (χ1v) is 11.6. The minimum absolute atomic E-state index is 0.0514. The minimum Gasteiger partial charge on any atom is -0.347 e. The van der Waals surface area contributed by atoms with E-state index >= 15 is 0 Å². The lowest BCUT2D eigenvalue weighted by atomic mass is 10.1. The second-order valence-electron chi connectivity index (χ2n) is 9.40. The van der Waals surface area contributed by atoms with Crippen molar-refractivity contribution in [3.63, 3.8) is 0 Å². The molecule has 2 fully saturated rings. The molecule has 1 saturated heterocycles. The van der Waals surface area contributed by atoms with Crippen LogP contribution in [0.15, 0.2) is 24.4 Å². The highest BCUT2D eigenvalue weighted by Crippen LogP contribution is 2.42. The zero-order valence-electron chi connectivity index (χ0n) is 19.2. The Morgan fingerprint density at radius 1 is 1.12 bits per heavy atom. The number of nitrogens with one attached hydrogen (secondary N) is 2. The smallest absolute Gasteiger partial charge is 0.270 e. The van der Waals surface area contributed by atoms with E-state index in [2.05, 4.69) is 37.2 Å². The van der Waals surface area contributed by atoms with E-state index in [1.807, 2.05) is 6.20 Å². The van der Waals surface area contributed by atoms with Gasteiger partial charge in [0.1, 0.15) is 5.82 Å². The summed E-state index contributed by atoms with van der Waals surface area (Å²) in [7, 11) is 2.12. The van der Waals surface area contributed by atoms with Crippen LogP contribution < -0.4 is 10.2 Å². The van der Waals surface area contributed by atoms with Gasteiger partial charge in [-0.3, -0.25) is 0 Å². The lowest BCUT2D eigenvalue weighted by molar-refractivity contribution is 0.0176. The van der Waals surface area contributed by atoms with Crippen LogP contribution in [0.5, 0.6) is 0 Å². The molecule has 6 rings (SSSR count). The van der Waals surface area contributed by atoms with Crippen molar-refractivity contribution in [2.24, 2.45) is 0 Å². The van der Waals surface area contributed by atoms with Gasteiger partial charge in [-0.1, -0.05) is 6.07 Å². The fraction of sp³-hybridized carbons (Fsp3) is 0.478. The summed E-state index contributed by atoms with van der Waals surface area (Å²) in [6.07, 6.45) is 4.22. The first-order valence-electron chi connectivity index (χ1n) is 11.6. The molecule has 1 aromatic carbocycles. The number of imidazole rings is 1. The molecule has 9 nitrogen and oxygen atoms in total. The molecule has 11 heteroatoms. The first-order chi connectivity index (χ1) is 16.3. The third kappa shape index (κ3) is 3.93. The lowest BCUT2D eigenvalue weighted by Crippen LogP contribution is -2.45. The van der Waals surface area contributed by atoms with Gasteiger partial charge in [-0.25, -0.2) is 13.8 Å². The van der Waals surface area contributed by atoms with Crippen molar-refractivity contribution in [2.45, 2.75) is 38.2 Å². The molecule has 1 aliphatic carbocycles. The summed E-state index contributed by atoms with van der Waals surface area (Å²) in [6, 6.07) is 4.50. The summed E-state index contributed by atoms with van der Waals surface area (Å²) in [4.78, 5) is 21.9. The Hall–Kier alpha value is -3.34. The third-order valence-corrected chi connectivity index (χ3v) is 6.64. The number of alkyl halides is 2. The van der Waals surface area contributed by atoms with E-state index in [9.17, 15) is 8.78 Å². The second kappa shape index (κ2) is 7.86. The van der Waals surface area contributed by atoms with Crippen molar-refractivity contribution in [1.29, 1.82) is 0 Å². The third-order valence-electron chi connectivity index (χ3n) is 6.64. The van der Waals surface area contributed by atoms with Crippen molar-refractivity contribution >= 4 is 28.6 Å². The molecule has 0 spiro atoms. The number of hydrogen-bond acceptors (Lipinski definition) is 7. The number of benzene rings is 1. The number of likely N-dealkylation sites (N-methyl/N-ethyl adjacent to an activating group) is 1. The number of halogens is 2. The topological polar surface area (TPSA) is 90.3 Å². The molecule has 4 aromatic rings. The van der Waals surface area contributed by atoms with Gasteiger partial charge in [0.25, 0.3) is 5.92 Å². The normalized spacial score (nSPS) is 17.7. The van der Waals surface area contributed by atoms with Gasteiger partial charge in [-0.05, 0) is 37.9 Å². The van der Waals surface area contributed by atoms with Crippen LogP contribution in [-0.2, 0) is 12.5 Å². The summed E-state index contributed by atoms with van der Waals surface area (Å²) in [5, 5.41) is 7.90. The van der Waals surface area contributed by atoms with Crippen LogP contribution in [0, 0.1) is 0 Å². The van der Waals surface area contributed by atoms with Crippen LogP contribution in [0.4, 0.5) is 20.7 Å². The number of rotatable bonds is 6. The monoisotopic (exact) mass is 467 g/mol. The molecular weight excluding hydrogens is 440 g/mol. The molecule has 34 heavy (non-hydrogen) atoms. The second-order valence-corrected chi connectivity index (χ2v) is 9.40. The van der Waals surface area contributed by atoms with Crippen molar-refractivity contribution in [1.82, 2.24) is 34.4 Å². The highest BCUT2D eigenvalue weighted by molar-refractivity contribution is 5.76. The molecule has 3 aromatic heterocycles. The molecule has 0 radical (unpaired) electrons. The lowest BCUT2D eigenvalue weighted by Gasteiger charge is -2.32. The maximum atomic E-state index is 13.7. The average molecular weight is 468 g/mol. The number of fused-ring (bicyclic) bond motifs is 2. The van der Waals surface area contributed by atoms with Gasteiger partial charge < -0.3 is 20.1 Å². The van der Waals surface area contributed by atoms with Gasteiger partial charge in [-0.2, -0.15) is 19.6 Å². The van der Waals surface area contributed by atoms with E-state index in [4.69, 9.17) is 9.97 Å². The quantitative estimate of drug-likeness (QED) is 0.449. The van der Waals surface area contributed by atoms with E-state index in [0.717, 1.165) is 57.2 Å². The standard InChI is InChI=1S/C23H27F2N9/c1-23(24,25)15-5-6-17-18(11-15)29-19(28-17)13-26-21-31-22(33-9-7-32(2)8-10-33)30-20-16(14-3-4-14)12-27-34(20)21/h5-6,11-12,14H,3-4,7-10,13H2,1-2H3,(H,28,29)(H,26,30,31). The molecule has 178 valence electrons. The Bertz CT molecular complexity index is 1340. The van der Waals surface area contributed by atoms with Crippen LogP contribution in [0.2, 0.25) is 0 Å². The number of anilines is 2. The summed E-state index contributed by atoms with van der Waals surface area (Å²) < 4.78 is 29.2. The summed E-state index contributed by atoms with van der Waals surface area (Å²) in [6.45, 7) is 4.90. The number of aromatic nitrogens is 6. The molecule has 4 heterocycles. The van der Waals surface area contributed by atoms with Gasteiger partial charge in [0.05, 0.1) is 23.8 Å². The average Bonchev–Trinajstić information content (AvgIpc) is 3.42. The fourth-order valence-corrected chi connectivity index (χ4v) is 4.41. The van der Waals surface area contributed by atoms with Gasteiger partial charge in [0.15, 0.2) is 5.65 Å². The summed E-state index contributed by atoms with van der Waals surface area (Å²) in [5.74, 6) is -0.468. The Morgan fingerprint density at radius 3 is 2.65 bits per heavy atom. The number of piperazine rings is 1. The predicted molar refractivity (Wildman–Crippen MR) is 125 cm³/mol.